The summed E-state index contributed by atoms with van der Waals surface area (Å²) in [5.41, 5.74) is 0.909. The number of halogens is 1. The summed E-state index contributed by atoms with van der Waals surface area (Å²) in [7, 11) is 0. The predicted molar refractivity (Wildman–Crippen MR) is 109 cm³/mol. The Balaban J connectivity index is 1.69. The molecule has 0 heterocycles. The Morgan fingerprint density at radius 3 is 2.45 bits per heavy atom. The van der Waals surface area contributed by atoms with Gasteiger partial charge < -0.3 is 15.0 Å². The van der Waals surface area contributed by atoms with Gasteiger partial charge in [-0.05, 0) is 37.5 Å². The van der Waals surface area contributed by atoms with Gasteiger partial charge in [-0.2, -0.15) is 0 Å². The first kappa shape index (κ1) is 20.8. The van der Waals surface area contributed by atoms with E-state index in [1.165, 1.54) is 17.0 Å². The number of benzene rings is 2. The van der Waals surface area contributed by atoms with Gasteiger partial charge in [0.1, 0.15) is 6.04 Å². The molecule has 0 unspecified atom stereocenters. The van der Waals surface area contributed by atoms with Crippen LogP contribution in [0.4, 0.5) is 4.39 Å². The number of amides is 2. The monoisotopic (exact) mass is 398 g/mol. The number of hydrogen-bond donors (Lipinski definition) is 1. The quantitative estimate of drug-likeness (QED) is 0.738. The van der Waals surface area contributed by atoms with E-state index >= 15 is 0 Å². The maximum Gasteiger partial charge on any atom is 0.261 e. The molecule has 6 heteroatoms. The second-order valence-corrected chi connectivity index (χ2v) is 7.39. The standard InChI is InChI=1S/C23H27FN2O3/c1-17(23(28)25-19-11-5-6-12-19)26(15-18-9-3-2-4-10-18)22(27)16-29-21-14-8-7-13-20(21)24/h2-4,7-10,13-14,17,19H,5-6,11-12,15-16H2,1H3,(H,25,28)/t17-/m0/s1. The Morgan fingerprint density at radius 2 is 1.76 bits per heavy atom. The highest BCUT2D eigenvalue weighted by molar-refractivity contribution is 5.88. The molecule has 2 aromatic rings. The summed E-state index contributed by atoms with van der Waals surface area (Å²) in [6.07, 6.45) is 4.17. The molecule has 1 N–H and O–H groups in total. The van der Waals surface area contributed by atoms with Crippen molar-refractivity contribution in [2.45, 2.75) is 51.2 Å². The summed E-state index contributed by atoms with van der Waals surface area (Å²) < 4.78 is 19.2. The zero-order valence-electron chi connectivity index (χ0n) is 16.6. The van der Waals surface area contributed by atoms with Crippen molar-refractivity contribution >= 4 is 11.8 Å². The van der Waals surface area contributed by atoms with Crippen molar-refractivity contribution in [3.8, 4) is 5.75 Å². The fourth-order valence-electron chi connectivity index (χ4n) is 3.54. The lowest BCUT2D eigenvalue weighted by Gasteiger charge is -2.29. The normalized spacial score (nSPS) is 15.0. The van der Waals surface area contributed by atoms with Crippen LogP contribution in [0, 0.1) is 5.82 Å². The van der Waals surface area contributed by atoms with Gasteiger partial charge in [-0.15, -0.1) is 0 Å². The van der Waals surface area contributed by atoms with Crippen molar-refractivity contribution < 1.29 is 18.7 Å². The Hall–Kier alpha value is -2.89. The van der Waals surface area contributed by atoms with Crippen LogP contribution in [0.25, 0.3) is 0 Å². The fraction of sp³-hybridized carbons (Fsp3) is 0.391. The van der Waals surface area contributed by atoms with Crippen molar-refractivity contribution in [3.05, 3.63) is 66.0 Å². The molecule has 3 rings (SSSR count). The molecular weight excluding hydrogens is 371 g/mol. The third-order valence-electron chi connectivity index (χ3n) is 5.25. The van der Waals surface area contributed by atoms with Crippen LogP contribution in [0.3, 0.4) is 0 Å². The van der Waals surface area contributed by atoms with E-state index in [0.29, 0.717) is 0 Å². The second-order valence-electron chi connectivity index (χ2n) is 7.39. The summed E-state index contributed by atoms with van der Waals surface area (Å²) in [6.45, 7) is 1.66. The molecule has 1 saturated carbocycles. The first-order valence-electron chi connectivity index (χ1n) is 10.1. The summed E-state index contributed by atoms with van der Waals surface area (Å²) in [6, 6.07) is 14.9. The molecule has 1 aliphatic rings. The molecule has 1 atom stereocenters. The highest BCUT2D eigenvalue weighted by Gasteiger charge is 2.28. The molecule has 29 heavy (non-hydrogen) atoms. The minimum atomic E-state index is -0.660. The predicted octanol–water partition coefficient (Wildman–Crippen LogP) is 3.68. The van der Waals surface area contributed by atoms with Gasteiger partial charge in [0.2, 0.25) is 5.91 Å². The van der Waals surface area contributed by atoms with E-state index < -0.39 is 11.9 Å². The minimum absolute atomic E-state index is 0.0172. The number of para-hydroxylation sites is 1. The van der Waals surface area contributed by atoms with Crippen molar-refractivity contribution in [1.82, 2.24) is 10.2 Å². The van der Waals surface area contributed by atoms with E-state index in [1.807, 2.05) is 30.3 Å². The van der Waals surface area contributed by atoms with Gasteiger partial charge in [-0.3, -0.25) is 9.59 Å². The van der Waals surface area contributed by atoms with E-state index in [-0.39, 0.29) is 36.8 Å². The summed E-state index contributed by atoms with van der Waals surface area (Å²) in [5, 5.41) is 3.05. The van der Waals surface area contributed by atoms with Crippen LogP contribution in [0.1, 0.15) is 38.2 Å². The number of carbonyl (C=O) groups is 2. The summed E-state index contributed by atoms with van der Waals surface area (Å²) in [5.74, 6) is -1.05. The lowest BCUT2D eigenvalue weighted by molar-refractivity contribution is -0.142. The molecule has 2 aromatic carbocycles. The molecule has 0 radical (unpaired) electrons. The van der Waals surface area contributed by atoms with Crippen molar-refractivity contribution in [2.24, 2.45) is 0 Å². The van der Waals surface area contributed by atoms with Gasteiger partial charge in [-0.25, -0.2) is 4.39 Å². The van der Waals surface area contributed by atoms with E-state index in [4.69, 9.17) is 4.74 Å². The van der Waals surface area contributed by atoms with Gasteiger partial charge in [0.15, 0.2) is 18.2 Å². The molecule has 1 aliphatic carbocycles. The maximum atomic E-state index is 13.8. The Labute approximate surface area is 170 Å². The van der Waals surface area contributed by atoms with Crippen LogP contribution in [0.15, 0.2) is 54.6 Å². The Morgan fingerprint density at radius 1 is 1.10 bits per heavy atom. The Kier molecular flexibility index (Phi) is 7.22. The molecule has 0 aromatic heterocycles. The average molecular weight is 398 g/mol. The molecule has 0 aliphatic heterocycles. The number of nitrogens with zero attached hydrogens (tertiary/aromatic N) is 1. The van der Waals surface area contributed by atoms with E-state index in [1.54, 1.807) is 19.1 Å². The molecule has 154 valence electrons. The lowest BCUT2D eigenvalue weighted by Crippen LogP contribution is -2.50. The van der Waals surface area contributed by atoms with E-state index in [2.05, 4.69) is 5.32 Å². The third kappa shape index (κ3) is 5.79. The van der Waals surface area contributed by atoms with Gasteiger partial charge in [0.25, 0.3) is 5.91 Å². The van der Waals surface area contributed by atoms with Crippen molar-refractivity contribution in [1.29, 1.82) is 0 Å². The molecular formula is C23H27FN2O3. The van der Waals surface area contributed by atoms with E-state index in [9.17, 15) is 14.0 Å². The van der Waals surface area contributed by atoms with Crippen molar-refractivity contribution in [3.63, 3.8) is 0 Å². The highest BCUT2D eigenvalue weighted by atomic mass is 19.1. The molecule has 1 fully saturated rings. The lowest BCUT2D eigenvalue weighted by atomic mass is 10.1. The number of nitrogens with one attached hydrogen (secondary N) is 1. The third-order valence-corrected chi connectivity index (χ3v) is 5.25. The molecule has 0 saturated heterocycles. The Bertz CT molecular complexity index is 822. The van der Waals surface area contributed by atoms with E-state index in [0.717, 1.165) is 31.2 Å². The summed E-state index contributed by atoms with van der Waals surface area (Å²) in [4.78, 5) is 27.2. The van der Waals surface area contributed by atoms with Crippen LogP contribution in [-0.4, -0.2) is 35.4 Å². The minimum Gasteiger partial charge on any atom is -0.481 e. The van der Waals surface area contributed by atoms with Gasteiger partial charge in [0.05, 0.1) is 0 Å². The first-order valence-corrected chi connectivity index (χ1v) is 10.1. The van der Waals surface area contributed by atoms with Crippen LogP contribution >= 0.6 is 0 Å². The molecule has 2 amide bonds. The zero-order valence-corrected chi connectivity index (χ0v) is 16.6. The summed E-state index contributed by atoms with van der Waals surface area (Å²) >= 11 is 0. The van der Waals surface area contributed by atoms with Gasteiger partial charge in [0, 0.05) is 12.6 Å². The molecule has 0 spiro atoms. The maximum absolute atomic E-state index is 13.8. The van der Waals surface area contributed by atoms with Gasteiger partial charge in [-0.1, -0.05) is 55.3 Å². The number of hydrogen-bond acceptors (Lipinski definition) is 3. The first-order chi connectivity index (χ1) is 14.0. The van der Waals surface area contributed by atoms with Crippen LogP contribution in [-0.2, 0) is 16.1 Å². The van der Waals surface area contributed by atoms with Crippen LogP contribution < -0.4 is 10.1 Å². The SMILES string of the molecule is C[C@@H](C(=O)NC1CCCC1)N(Cc1ccccc1)C(=O)COc1ccccc1F. The second kappa shape index (κ2) is 10.0. The van der Waals surface area contributed by atoms with Crippen molar-refractivity contribution in [2.75, 3.05) is 6.61 Å². The topological polar surface area (TPSA) is 58.6 Å². The number of rotatable bonds is 8. The fourth-order valence-corrected chi connectivity index (χ4v) is 3.54. The zero-order chi connectivity index (χ0) is 20.6. The number of ether oxygens (including phenoxy) is 1. The molecule has 0 bridgehead atoms. The number of carbonyl (C=O) groups excluding carboxylic acids is 2. The van der Waals surface area contributed by atoms with Crippen LogP contribution in [0.5, 0.6) is 5.75 Å². The van der Waals surface area contributed by atoms with Gasteiger partial charge >= 0.3 is 0 Å². The highest BCUT2D eigenvalue weighted by Crippen LogP contribution is 2.19. The molecule has 5 nitrogen and oxygen atoms in total. The smallest absolute Gasteiger partial charge is 0.261 e. The largest absolute Gasteiger partial charge is 0.481 e. The van der Waals surface area contributed by atoms with Crippen LogP contribution in [0.2, 0.25) is 0 Å². The average Bonchev–Trinajstić information content (AvgIpc) is 3.24.